The fraction of sp³-hybridized carbons (Fsp3) is 0.538. The molecule has 0 saturated carbocycles. The van der Waals surface area contributed by atoms with E-state index in [1.54, 1.807) is 11.1 Å². The summed E-state index contributed by atoms with van der Waals surface area (Å²) in [7, 11) is 0. The Labute approximate surface area is 86.3 Å². The van der Waals surface area contributed by atoms with E-state index in [0.29, 0.717) is 5.92 Å². The maximum atomic E-state index is 5.76. The Hall–Kier alpha value is -0.820. The van der Waals surface area contributed by atoms with Gasteiger partial charge in [0.05, 0.1) is 0 Å². The Kier molecular flexibility index (Phi) is 2.87. The maximum absolute atomic E-state index is 5.76. The molecule has 0 saturated heterocycles. The zero-order chi connectivity index (χ0) is 9.97. The van der Waals surface area contributed by atoms with Gasteiger partial charge in [0.2, 0.25) is 0 Å². The molecule has 1 unspecified atom stereocenters. The van der Waals surface area contributed by atoms with Crippen LogP contribution in [0.2, 0.25) is 0 Å². The van der Waals surface area contributed by atoms with Crippen molar-refractivity contribution in [3.63, 3.8) is 0 Å². The van der Waals surface area contributed by atoms with E-state index in [-0.39, 0.29) is 0 Å². The molecule has 1 aliphatic rings. The molecule has 0 aliphatic heterocycles. The van der Waals surface area contributed by atoms with Gasteiger partial charge >= 0.3 is 0 Å². The average Bonchev–Trinajstić information content (AvgIpc) is 2.66. The van der Waals surface area contributed by atoms with Gasteiger partial charge in [0.1, 0.15) is 0 Å². The van der Waals surface area contributed by atoms with Crippen molar-refractivity contribution in [1.29, 1.82) is 0 Å². The molecule has 1 aromatic rings. The van der Waals surface area contributed by atoms with Gasteiger partial charge in [0.25, 0.3) is 0 Å². The van der Waals surface area contributed by atoms with Crippen LogP contribution >= 0.6 is 0 Å². The molecule has 0 heterocycles. The lowest BCUT2D eigenvalue weighted by Gasteiger charge is -2.13. The van der Waals surface area contributed by atoms with Crippen LogP contribution in [0.5, 0.6) is 0 Å². The molecule has 0 spiro atoms. The van der Waals surface area contributed by atoms with Gasteiger partial charge in [-0.3, -0.25) is 0 Å². The van der Waals surface area contributed by atoms with E-state index >= 15 is 0 Å². The summed E-state index contributed by atoms with van der Waals surface area (Å²) in [6.45, 7) is 2.99. The van der Waals surface area contributed by atoms with Crippen LogP contribution < -0.4 is 5.73 Å². The SMILES string of the molecule is CCC(CN)c1ccc2c(c1)CCC2. The number of nitrogens with two attached hydrogens (primary N) is 1. The molecular formula is C13H19N. The minimum Gasteiger partial charge on any atom is -0.330 e. The Balaban J connectivity index is 2.27. The van der Waals surface area contributed by atoms with E-state index < -0.39 is 0 Å². The Bertz CT molecular complexity index is 313. The van der Waals surface area contributed by atoms with E-state index in [0.717, 1.165) is 13.0 Å². The summed E-state index contributed by atoms with van der Waals surface area (Å²) in [5.41, 5.74) is 10.3. The van der Waals surface area contributed by atoms with Crippen LogP contribution in [0.3, 0.4) is 0 Å². The van der Waals surface area contributed by atoms with Crippen LogP contribution in [0, 0.1) is 0 Å². The Morgan fingerprint density at radius 1 is 1.29 bits per heavy atom. The van der Waals surface area contributed by atoms with Crippen LogP contribution in [0.15, 0.2) is 18.2 Å². The lowest BCUT2D eigenvalue weighted by Crippen LogP contribution is -2.11. The predicted molar refractivity (Wildman–Crippen MR) is 60.6 cm³/mol. The van der Waals surface area contributed by atoms with Gasteiger partial charge in [0.15, 0.2) is 0 Å². The summed E-state index contributed by atoms with van der Waals surface area (Å²) in [5, 5.41) is 0. The second-order valence-corrected chi connectivity index (χ2v) is 4.22. The molecule has 0 bridgehead atoms. The highest BCUT2D eigenvalue weighted by atomic mass is 14.5. The molecule has 0 aromatic heterocycles. The van der Waals surface area contributed by atoms with E-state index in [1.807, 2.05) is 0 Å². The third-order valence-electron chi connectivity index (χ3n) is 3.37. The molecule has 1 aromatic carbocycles. The number of aryl methyl sites for hydroxylation is 2. The summed E-state index contributed by atoms with van der Waals surface area (Å²) in [5.74, 6) is 0.556. The molecule has 2 N–H and O–H groups in total. The third kappa shape index (κ3) is 1.69. The highest BCUT2D eigenvalue weighted by molar-refractivity contribution is 5.36. The smallest absolute Gasteiger partial charge is 0.000834 e. The lowest BCUT2D eigenvalue weighted by molar-refractivity contribution is 0.673. The quantitative estimate of drug-likeness (QED) is 0.777. The molecule has 1 atom stereocenters. The van der Waals surface area contributed by atoms with Gasteiger partial charge in [-0.15, -0.1) is 0 Å². The zero-order valence-corrected chi connectivity index (χ0v) is 8.92. The molecule has 76 valence electrons. The number of hydrogen-bond acceptors (Lipinski definition) is 1. The van der Waals surface area contributed by atoms with Crippen molar-refractivity contribution in [1.82, 2.24) is 0 Å². The lowest BCUT2D eigenvalue weighted by atomic mass is 9.94. The van der Waals surface area contributed by atoms with Gasteiger partial charge in [0, 0.05) is 0 Å². The summed E-state index contributed by atoms with van der Waals surface area (Å²) in [6, 6.07) is 6.95. The van der Waals surface area contributed by atoms with Crippen LogP contribution in [0.1, 0.15) is 42.4 Å². The number of fused-ring (bicyclic) bond motifs is 1. The molecule has 0 fully saturated rings. The molecule has 14 heavy (non-hydrogen) atoms. The van der Waals surface area contributed by atoms with Crippen LogP contribution in [-0.4, -0.2) is 6.54 Å². The first-order chi connectivity index (χ1) is 6.85. The largest absolute Gasteiger partial charge is 0.330 e. The van der Waals surface area contributed by atoms with Crippen molar-refractivity contribution in [3.05, 3.63) is 34.9 Å². The highest BCUT2D eigenvalue weighted by Crippen LogP contribution is 2.26. The molecule has 1 aliphatic carbocycles. The van der Waals surface area contributed by atoms with Crippen molar-refractivity contribution in [2.45, 2.75) is 38.5 Å². The summed E-state index contributed by atoms with van der Waals surface area (Å²) in [4.78, 5) is 0. The fourth-order valence-corrected chi connectivity index (χ4v) is 2.38. The first kappa shape index (κ1) is 9.72. The molecular weight excluding hydrogens is 170 g/mol. The van der Waals surface area contributed by atoms with Crippen LogP contribution in [0.25, 0.3) is 0 Å². The van der Waals surface area contributed by atoms with Gasteiger partial charge in [-0.05, 0) is 54.8 Å². The van der Waals surface area contributed by atoms with E-state index in [1.165, 1.54) is 24.8 Å². The van der Waals surface area contributed by atoms with E-state index in [2.05, 4.69) is 25.1 Å². The third-order valence-corrected chi connectivity index (χ3v) is 3.37. The topological polar surface area (TPSA) is 26.0 Å². The van der Waals surface area contributed by atoms with Gasteiger partial charge in [-0.1, -0.05) is 25.1 Å². The molecule has 0 amide bonds. The van der Waals surface area contributed by atoms with Crippen molar-refractivity contribution >= 4 is 0 Å². The minimum atomic E-state index is 0.556. The normalized spacial score (nSPS) is 16.7. The summed E-state index contributed by atoms with van der Waals surface area (Å²) >= 11 is 0. The second-order valence-electron chi connectivity index (χ2n) is 4.22. The van der Waals surface area contributed by atoms with Gasteiger partial charge in [-0.25, -0.2) is 0 Å². The fourth-order valence-electron chi connectivity index (χ4n) is 2.38. The monoisotopic (exact) mass is 189 g/mol. The van der Waals surface area contributed by atoms with Gasteiger partial charge < -0.3 is 5.73 Å². The molecule has 1 nitrogen and oxygen atoms in total. The van der Waals surface area contributed by atoms with Crippen molar-refractivity contribution in [3.8, 4) is 0 Å². The minimum absolute atomic E-state index is 0.556. The number of hydrogen-bond donors (Lipinski definition) is 1. The van der Waals surface area contributed by atoms with Gasteiger partial charge in [-0.2, -0.15) is 0 Å². The van der Waals surface area contributed by atoms with Crippen molar-refractivity contribution < 1.29 is 0 Å². The van der Waals surface area contributed by atoms with Crippen molar-refractivity contribution in [2.24, 2.45) is 5.73 Å². The summed E-state index contributed by atoms with van der Waals surface area (Å²) < 4.78 is 0. The predicted octanol–water partition coefficient (Wildman–Crippen LogP) is 2.63. The Morgan fingerprint density at radius 2 is 2.07 bits per heavy atom. The first-order valence-electron chi connectivity index (χ1n) is 5.67. The standard InChI is InChI=1S/C13H19N/c1-2-10(9-14)13-7-6-11-4-3-5-12(11)8-13/h6-8,10H,2-5,9,14H2,1H3. The maximum Gasteiger partial charge on any atom is -0.000834 e. The average molecular weight is 189 g/mol. The number of benzene rings is 1. The molecule has 1 heteroatoms. The van der Waals surface area contributed by atoms with Crippen molar-refractivity contribution in [2.75, 3.05) is 6.54 Å². The van der Waals surface area contributed by atoms with Crippen LogP contribution in [-0.2, 0) is 12.8 Å². The molecule has 2 rings (SSSR count). The zero-order valence-electron chi connectivity index (χ0n) is 8.92. The first-order valence-corrected chi connectivity index (χ1v) is 5.67. The van der Waals surface area contributed by atoms with E-state index in [4.69, 9.17) is 5.73 Å². The Morgan fingerprint density at radius 3 is 2.79 bits per heavy atom. The second kappa shape index (κ2) is 4.14. The summed E-state index contributed by atoms with van der Waals surface area (Å²) in [6.07, 6.45) is 5.02. The van der Waals surface area contributed by atoms with E-state index in [9.17, 15) is 0 Å². The van der Waals surface area contributed by atoms with Crippen LogP contribution in [0.4, 0.5) is 0 Å². The highest BCUT2D eigenvalue weighted by Gasteiger charge is 2.13. The number of rotatable bonds is 3. The molecule has 0 radical (unpaired) electrons.